The number of fused-ring (bicyclic) bond motifs is 1. The van der Waals surface area contributed by atoms with Crippen LogP contribution in [0, 0.1) is 0 Å². The third-order valence-electron chi connectivity index (χ3n) is 5.90. The van der Waals surface area contributed by atoms with Gasteiger partial charge in [-0.05, 0) is 5.53 Å². The van der Waals surface area contributed by atoms with Gasteiger partial charge in [0.05, 0.1) is 25.6 Å². The van der Waals surface area contributed by atoms with Gasteiger partial charge in [0.25, 0.3) is 5.56 Å². The van der Waals surface area contributed by atoms with Gasteiger partial charge in [-0.15, -0.1) is 0 Å². The summed E-state index contributed by atoms with van der Waals surface area (Å²) in [6, 6.07) is 0. The number of nitrogen functional groups attached to an aromatic ring is 1. The van der Waals surface area contributed by atoms with E-state index in [2.05, 4.69) is 38.3 Å². The maximum atomic E-state index is 12.4. The van der Waals surface area contributed by atoms with Gasteiger partial charge in [-0.3, -0.25) is 23.4 Å². The van der Waals surface area contributed by atoms with Crippen LogP contribution in [0.25, 0.3) is 21.6 Å². The molecule has 0 amide bonds. The van der Waals surface area contributed by atoms with Crippen LogP contribution in [0.3, 0.4) is 0 Å². The standard InChI is InChI=1S/C16H24N8O15P2/c17-16-21-12-6(13(30)22-16)19-3-24(12)14-10(28)8(26)5(36-14)2-35-40(31,32)39-41(33,34)38-15-11(29)9(27)7(25)4(37-15)1-20-23-18/h3-5,7-11,14-15,25-29H,1-2H2,(H,31,32)(H,33,34)(H3,17,21,22,30). The molecule has 11 atom stereocenters. The quantitative estimate of drug-likeness (QED) is 0.0536. The van der Waals surface area contributed by atoms with E-state index in [9.17, 15) is 49.2 Å². The summed E-state index contributed by atoms with van der Waals surface area (Å²) in [6.07, 6.45) is -15.1. The Hall–Kier alpha value is -2.56. The second kappa shape index (κ2) is 12.0. The normalized spacial score (nSPS) is 35.0. The van der Waals surface area contributed by atoms with Crippen LogP contribution in [0.4, 0.5) is 5.95 Å². The van der Waals surface area contributed by atoms with E-state index in [0.29, 0.717) is 0 Å². The lowest BCUT2D eigenvalue weighted by Crippen LogP contribution is -2.58. The molecule has 0 spiro atoms. The summed E-state index contributed by atoms with van der Waals surface area (Å²) in [5, 5.41) is 53.7. The van der Waals surface area contributed by atoms with Crippen LogP contribution in [0.2, 0.25) is 0 Å². The molecular weight excluding hydrogens is 606 g/mol. The van der Waals surface area contributed by atoms with Gasteiger partial charge in [0.2, 0.25) is 5.95 Å². The molecule has 2 aliphatic rings. The Kier molecular flexibility index (Phi) is 9.16. The Morgan fingerprint density at radius 2 is 1.76 bits per heavy atom. The fourth-order valence-electron chi connectivity index (χ4n) is 3.97. The number of rotatable bonds is 10. The number of H-pyrrole nitrogens is 1. The maximum absolute atomic E-state index is 12.4. The first-order chi connectivity index (χ1) is 19.1. The number of nitrogens with two attached hydrogens (primary N) is 1. The van der Waals surface area contributed by atoms with Crippen molar-refractivity contribution >= 4 is 32.8 Å². The number of aliphatic hydroxyl groups is 5. The minimum atomic E-state index is -5.63. The molecule has 2 fully saturated rings. The van der Waals surface area contributed by atoms with Crippen molar-refractivity contribution < 1.29 is 67.3 Å². The molecule has 0 radical (unpaired) electrons. The van der Waals surface area contributed by atoms with Crippen molar-refractivity contribution in [1.82, 2.24) is 19.5 Å². The average molecular weight is 630 g/mol. The number of nitrogens with zero attached hydrogens (tertiary/aromatic N) is 6. The van der Waals surface area contributed by atoms with Gasteiger partial charge >= 0.3 is 15.6 Å². The van der Waals surface area contributed by atoms with E-state index in [1.165, 1.54) is 0 Å². The first kappa shape index (κ1) is 31.4. The van der Waals surface area contributed by atoms with E-state index >= 15 is 0 Å². The van der Waals surface area contributed by atoms with Gasteiger partial charge in [-0.2, -0.15) is 9.29 Å². The van der Waals surface area contributed by atoms with Gasteiger partial charge in [0, 0.05) is 4.91 Å². The molecule has 2 saturated heterocycles. The van der Waals surface area contributed by atoms with E-state index in [1.54, 1.807) is 0 Å². The zero-order valence-corrected chi connectivity index (χ0v) is 22.0. The molecule has 25 heteroatoms. The van der Waals surface area contributed by atoms with Gasteiger partial charge in [-0.1, -0.05) is 5.11 Å². The van der Waals surface area contributed by atoms with Crippen LogP contribution in [0.15, 0.2) is 16.2 Å². The number of anilines is 1. The summed E-state index contributed by atoms with van der Waals surface area (Å²) in [5.74, 6) is -0.283. The highest BCUT2D eigenvalue weighted by Crippen LogP contribution is 2.61. The van der Waals surface area contributed by atoms with Crippen LogP contribution < -0.4 is 11.3 Å². The van der Waals surface area contributed by atoms with Gasteiger partial charge in [0.15, 0.2) is 23.7 Å². The first-order valence-corrected chi connectivity index (χ1v) is 14.3. The second-order valence-electron chi connectivity index (χ2n) is 8.67. The minimum absolute atomic E-state index is 0.120. The molecular formula is C16H24N8O15P2. The molecule has 228 valence electrons. The number of hydrogen-bond donors (Lipinski definition) is 9. The molecule has 0 bridgehead atoms. The van der Waals surface area contributed by atoms with E-state index in [1.807, 2.05) is 0 Å². The maximum Gasteiger partial charge on any atom is 0.483 e. The number of ether oxygens (including phenoxy) is 2. The molecule has 2 aromatic heterocycles. The summed E-state index contributed by atoms with van der Waals surface area (Å²) in [7, 11) is -11.1. The van der Waals surface area contributed by atoms with Crippen molar-refractivity contribution in [2.45, 2.75) is 55.2 Å². The van der Waals surface area contributed by atoms with Crippen LogP contribution in [0.1, 0.15) is 6.23 Å². The van der Waals surface area contributed by atoms with E-state index in [-0.39, 0.29) is 17.1 Å². The number of nitrogens with one attached hydrogen (secondary N) is 1. The van der Waals surface area contributed by atoms with Crippen molar-refractivity contribution in [3.8, 4) is 0 Å². The van der Waals surface area contributed by atoms with Crippen molar-refractivity contribution in [3.63, 3.8) is 0 Å². The third kappa shape index (κ3) is 6.75. The van der Waals surface area contributed by atoms with Crippen LogP contribution >= 0.6 is 15.6 Å². The highest BCUT2D eigenvalue weighted by molar-refractivity contribution is 7.61. The fraction of sp³-hybridized carbons (Fsp3) is 0.688. The SMILES string of the molecule is [N-]=[N+]=NCC1OC(OP(=O)(O)OP(=O)(O)OCC2OC(n3cnc4c(=O)[nH]c(N)nc43)C(O)C2O)C(O)C(O)C1O. The largest absolute Gasteiger partial charge is 0.483 e. The van der Waals surface area contributed by atoms with Gasteiger partial charge < -0.3 is 50.5 Å². The van der Waals surface area contributed by atoms with E-state index in [4.69, 9.17) is 20.7 Å². The predicted molar refractivity (Wildman–Crippen MR) is 127 cm³/mol. The molecule has 11 unspecified atom stereocenters. The monoisotopic (exact) mass is 630 g/mol. The smallest absolute Gasteiger partial charge is 0.388 e. The molecule has 41 heavy (non-hydrogen) atoms. The number of aromatic amines is 1. The van der Waals surface area contributed by atoms with E-state index in [0.717, 1.165) is 10.9 Å². The molecule has 2 aliphatic heterocycles. The zero-order valence-electron chi connectivity index (χ0n) is 20.2. The van der Waals surface area contributed by atoms with Gasteiger partial charge in [-0.25, -0.2) is 14.1 Å². The van der Waals surface area contributed by atoms with Crippen molar-refractivity contribution in [3.05, 3.63) is 27.1 Å². The molecule has 0 aromatic carbocycles. The van der Waals surface area contributed by atoms with E-state index < -0.39 is 89.6 Å². The average Bonchev–Trinajstić information content (AvgIpc) is 3.42. The van der Waals surface area contributed by atoms with Crippen LogP contribution in [0.5, 0.6) is 0 Å². The number of imidazole rings is 1. The van der Waals surface area contributed by atoms with Gasteiger partial charge in [0.1, 0.15) is 36.6 Å². The first-order valence-electron chi connectivity index (χ1n) is 11.3. The predicted octanol–water partition coefficient (Wildman–Crippen LogP) is -3.31. The summed E-state index contributed by atoms with van der Waals surface area (Å²) in [5.41, 5.74) is 12.9. The number of hydrogen-bond acceptors (Lipinski definition) is 17. The Balaban J connectivity index is 1.39. The minimum Gasteiger partial charge on any atom is -0.388 e. The lowest BCUT2D eigenvalue weighted by molar-refractivity contribution is -0.272. The molecule has 4 rings (SSSR count). The fourth-order valence-corrected chi connectivity index (χ4v) is 6.13. The summed E-state index contributed by atoms with van der Waals surface area (Å²) in [6.45, 7) is -1.60. The molecule has 4 heterocycles. The number of phosphoric ester groups is 2. The Bertz CT molecular complexity index is 1470. The van der Waals surface area contributed by atoms with Crippen LogP contribution in [-0.2, 0) is 32.0 Å². The molecule has 2 aromatic rings. The summed E-state index contributed by atoms with van der Waals surface area (Å²) >= 11 is 0. The number of phosphoric acid groups is 2. The number of aromatic nitrogens is 4. The Morgan fingerprint density at radius 1 is 1.07 bits per heavy atom. The molecule has 23 nitrogen and oxygen atoms in total. The molecule has 0 aliphatic carbocycles. The summed E-state index contributed by atoms with van der Waals surface area (Å²) < 4.78 is 49.5. The Labute approximate surface area is 226 Å². The van der Waals surface area contributed by atoms with Crippen molar-refractivity contribution in [2.24, 2.45) is 5.11 Å². The van der Waals surface area contributed by atoms with Crippen LogP contribution in [-0.4, -0.2) is 117 Å². The molecule has 0 saturated carbocycles. The topological polar surface area (TPSA) is 360 Å². The second-order valence-corrected chi connectivity index (χ2v) is 11.7. The number of aliphatic hydroxyl groups excluding tert-OH is 5. The lowest BCUT2D eigenvalue weighted by atomic mass is 9.99. The highest BCUT2D eigenvalue weighted by atomic mass is 31.3. The Morgan fingerprint density at radius 3 is 2.44 bits per heavy atom. The molecule has 10 N–H and O–H groups in total. The van der Waals surface area contributed by atoms with Crippen molar-refractivity contribution in [2.75, 3.05) is 18.9 Å². The zero-order chi connectivity index (χ0) is 30.3. The lowest BCUT2D eigenvalue weighted by Gasteiger charge is -2.39. The number of azide groups is 1. The summed E-state index contributed by atoms with van der Waals surface area (Å²) in [4.78, 5) is 44.2. The third-order valence-corrected chi connectivity index (χ3v) is 8.50. The van der Waals surface area contributed by atoms with Crippen molar-refractivity contribution in [1.29, 1.82) is 0 Å². The highest BCUT2D eigenvalue weighted by Gasteiger charge is 2.49.